The van der Waals surface area contributed by atoms with Gasteiger partial charge in [0.1, 0.15) is 12.2 Å². The van der Waals surface area contributed by atoms with Crippen LogP contribution in [0.15, 0.2) is 6.20 Å². The van der Waals surface area contributed by atoms with Crippen LogP contribution in [0.3, 0.4) is 0 Å². The highest BCUT2D eigenvalue weighted by Crippen LogP contribution is 1.94. The lowest BCUT2D eigenvalue weighted by atomic mass is 10.3. The van der Waals surface area contributed by atoms with Crippen molar-refractivity contribution in [2.45, 2.75) is 25.9 Å². The average molecular weight is 241 g/mol. The summed E-state index contributed by atoms with van der Waals surface area (Å²) >= 11 is 0. The third-order valence-corrected chi connectivity index (χ3v) is 1.96. The van der Waals surface area contributed by atoms with Crippen LogP contribution in [0.4, 0.5) is 0 Å². The van der Waals surface area contributed by atoms with Crippen LogP contribution in [0.2, 0.25) is 0 Å². The minimum atomic E-state index is -0.992. The maximum atomic E-state index is 11.2. The van der Waals surface area contributed by atoms with Crippen molar-refractivity contribution < 1.29 is 14.7 Å². The van der Waals surface area contributed by atoms with Crippen molar-refractivity contribution in [2.24, 2.45) is 5.73 Å². The molecular formula is C9H15N5O3. The topological polar surface area (TPSA) is 123 Å². The van der Waals surface area contributed by atoms with Crippen molar-refractivity contribution in [3.8, 4) is 0 Å². The molecule has 0 spiro atoms. The van der Waals surface area contributed by atoms with E-state index in [1.54, 1.807) is 0 Å². The Balaban J connectivity index is 2.34. The minimum absolute atomic E-state index is 0.108. The predicted octanol–water partition coefficient (Wildman–Crippen LogP) is -1.28. The summed E-state index contributed by atoms with van der Waals surface area (Å²) < 4.78 is 1.20. The quantitative estimate of drug-likeness (QED) is 0.546. The average Bonchev–Trinajstić information content (AvgIpc) is 2.70. The molecule has 0 unspecified atom stereocenters. The summed E-state index contributed by atoms with van der Waals surface area (Å²) in [6.07, 6.45) is 2.49. The Bertz CT molecular complexity index is 390. The molecule has 1 amide bonds. The van der Waals surface area contributed by atoms with Crippen molar-refractivity contribution in [2.75, 3.05) is 6.54 Å². The van der Waals surface area contributed by atoms with E-state index in [0.717, 1.165) is 0 Å². The second-order valence-corrected chi connectivity index (χ2v) is 3.47. The predicted molar refractivity (Wildman–Crippen MR) is 57.8 cm³/mol. The van der Waals surface area contributed by atoms with Crippen molar-refractivity contribution in [3.63, 3.8) is 0 Å². The molecule has 0 radical (unpaired) electrons. The largest absolute Gasteiger partial charge is 0.480 e. The summed E-state index contributed by atoms with van der Waals surface area (Å²) in [6, 6.07) is 0. The lowest BCUT2D eigenvalue weighted by Gasteiger charge is -2.01. The zero-order valence-electron chi connectivity index (χ0n) is 9.30. The SMILES string of the molecule is NCCCC(=O)NCc1cn(CC(=O)O)nn1. The first-order valence-electron chi connectivity index (χ1n) is 5.19. The molecule has 0 aliphatic carbocycles. The number of aromatic nitrogens is 3. The first kappa shape index (κ1) is 13.1. The number of nitrogens with two attached hydrogens (primary N) is 1. The van der Waals surface area contributed by atoms with Crippen LogP contribution < -0.4 is 11.1 Å². The van der Waals surface area contributed by atoms with Crippen molar-refractivity contribution >= 4 is 11.9 Å². The zero-order valence-corrected chi connectivity index (χ0v) is 9.30. The van der Waals surface area contributed by atoms with Crippen molar-refractivity contribution in [3.05, 3.63) is 11.9 Å². The molecule has 0 aliphatic rings. The lowest BCUT2D eigenvalue weighted by molar-refractivity contribution is -0.138. The summed E-state index contributed by atoms with van der Waals surface area (Å²) in [5, 5.41) is 18.5. The molecule has 0 saturated heterocycles. The molecule has 0 atom stereocenters. The fourth-order valence-electron chi connectivity index (χ4n) is 1.18. The van der Waals surface area contributed by atoms with Gasteiger partial charge >= 0.3 is 5.97 Å². The van der Waals surface area contributed by atoms with Crippen LogP contribution in [-0.4, -0.2) is 38.5 Å². The number of nitrogens with zero attached hydrogens (tertiary/aromatic N) is 3. The molecule has 0 fully saturated rings. The Kier molecular flexibility index (Phi) is 5.08. The molecule has 0 bridgehead atoms. The fraction of sp³-hybridized carbons (Fsp3) is 0.556. The normalized spacial score (nSPS) is 10.2. The maximum Gasteiger partial charge on any atom is 0.325 e. The van der Waals surface area contributed by atoms with E-state index in [0.29, 0.717) is 25.1 Å². The number of hydrogen-bond donors (Lipinski definition) is 3. The maximum absolute atomic E-state index is 11.2. The fourth-order valence-corrected chi connectivity index (χ4v) is 1.18. The van der Waals surface area contributed by atoms with Gasteiger partial charge in [0.15, 0.2) is 0 Å². The number of carbonyl (C=O) groups is 2. The highest BCUT2D eigenvalue weighted by molar-refractivity contribution is 5.75. The number of aliphatic carboxylic acids is 1. The lowest BCUT2D eigenvalue weighted by Crippen LogP contribution is -2.23. The number of carboxylic acid groups (broad SMARTS) is 1. The van der Waals surface area contributed by atoms with Crippen molar-refractivity contribution in [1.82, 2.24) is 20.3 Å². The Morgan fingerprint density at radius 2 is 2.29 bits per heavy atom. The van der Waals surface area contributed by atoms with Crippen LogP contribution in [0.25, 0.3) is 0 Å². The van der Waals surface area contributed by atoms with E-state index in [1.165, 1.54) is 10.9 Å². The summed E-state index contributed by atoms with van der Waals surface area (Å²) in [6.45, 7) is 0.472. The van der Waals surface area contributed by atoms with E-state index in [4.69, 9.17) is 10.8 Å². The van der Waals surface area contributed by atoms with Gasteiger partial charge in [0, 0.05) is 6.42 Å². The summed E-state index contributed by atoms with van der Waals surface area (Å²) in [4.78, 5) is 21.6. The van der Waals surface area contributed by atoms with Crippen LogP contribution in [-0.2, 0) is 22.7 Å². The number of rotatable bonds is 7. The standard InChI is InChI=1S/C9H15N5O3/c10-3-1-2-8(15)11-4-7-5-14(13-12-7)6-9(16)17/h5H,1-4,6,10H2,(H,11,15)(H,16,17). The Labute approximate surface area is 97.8 Å². The first-order chi connectivity index (χ1) is 8.11. The van der Waals surface area contributed by atoms with Crippen LogP contribution in [0, 0.1) is 0 Å². The second kappa shape index (κ2) is 6.59. The monoisotopic (exact) mass is 241 g/mol. The third kappa shape index (κ3) is 5.07. The molecule has 8 nitrogen and oxygen atoms in total. The smallest absolute Gasteiger partial charge is 0.325 e. The van der Waals surface area contributed by atoms with Gasteiger partial charge in [-0.25, -0.2) is 4.68 Å². The molecule has 0 aromatic carbocycles. The van der Waals surface area contributed by atoms with Crippen LogP contribution in [0.1, 0.15) is 18.5 Å². The van der Waals surface area contributed by atoms with Crippen molar-refractivity contribution in [1.29, 1.82) is 0 Å². The molecular weight excluding hydrogens is 226 g/mol. The van der Waals surface area contributed by atoms with Gasteiger partial charge in [-0.15, -0.1) is 5.10 Å². The van der Waals surface area contributed by atoms with Crippen LogP contribution in [0.5, 0.6) is 0 Å². The highest BCUT2D eigenvalue weighted by atomic mass is 16.4. The number of carboxylic acids is 1. The van der Waals surface area contributed by atoms with E-state index in [9.17, 15) is 9.59 Å². The van der Waals surface area contributed by atoms with E-state index < -0.39 is 5.97 Å². The van der Waals surface area contributed by atoms with Gasteiger partial charge in [-0.3, -0.25) is 9.59 Å². The molecule has 4 N–H and O–H groups in total. The molecule has 1 aromatic rings. The second-order valence-electron chi connectivity index (χ2n) is 3.47. The summed E-state index contributed by atoms with van der Waals surface area (Å²) in [5.41, 5.74) is 5.79. The first-order valence-corrected chi connectivity index (χ1v) is 5.19. The number of nitrogens with one attached hydrogen (secondary N) is 1. The Morgan fingerprint density at radius 3 is 2.94 bits per heavy atom. The summed E-state index contributed by atoms with van der Waals surface area (Å²) in [5.74, 6) is -1.10. The van der Waals surface area contributed by atoms with Crippen LogP contribution >= 0.6 is 0 Å². The van der Waals surface area contributed by atoms with Gasteiger partial charge in [0.25, 0.3) is 0 Å². The Hall–Kier alpha value is -1.96. The van der Waals surface area contributed by atoms with E-state index in [2.05, 4.69) is 15.6 Å². The zero-order chi connectivity index (χ0) is 12.7. The molecule has 94 valence electrons. The molecule has 0 saturated carbocycles. The number of hydrogen-bond acceptors (Lipinski definition) is 5. The molecule has 1 rings (SSSR count). The number of amides is 1. The molecule has 8 heteroatoms. The minimum Gasteiger partial charge on any atom is -0.480 e. The summed E-state index contributed by atoms with van der Waals surface area (Å²) in [7, 11) is 0. The van der Waals surface area contributed by atoms with Gasteiger partial charge in [0.2, 0.25) is 5.91 Å². The number of carbonyl (C=O) groups excluding carboxylic acids is 1. The Morgan fingerprint density at radius 1 is 1.53 bits per heavy atom. The van der Waals surface area contributed by atoms with Gasteiger partial charge in [-0.2, -0.15) is 0 Å². The van der Waals surface area contributed by atoms with Gasteiger partial charge in [0.05, 0.1) is 12.7 Å². The third-order valence-electron chi connectivity index (χ3n) is 1.96. The van der Waals surface area contributed by atoms with E-state index in [1.807, 2.05) is 0 Å². The van der Waals surface area contributed by atoms with E-state index >= 15 is 0 Å². The molecule has 0 aliphatic heterocycles. The van der Waals surface area contributed by atoms with Gasteiger partial charge in [-0.05, 0) is 13.0 Å². The van der Waals surface area contributed by atoms with Gasteiger partial charge < -0.3 is 16.2 Å². The van der Waals surface area contributed by atoms with E-state index in [-0.39, 0.29) is 19.0 Å². The van der Waals surface area contributed by atoms with Gasteiger partial charge in [-0.1, -0.05) is 5.21 Å². The molecule has 1 heterocycles. The highest BCUT2D eigenvalue weighted by Gasteiger charge is 2.05. The molecule has 17 heavy (non-hydrogen) atoms. The molecule has 1 aromatic heterocycles.